The van der Waals surface area contributed by atoms with Crippen LogP contribution in [-0.2, 0) is 9.53 Å². The molecule has 1 saturated heterocycles. The molecule has 21 heavy (non-hydrogen) atoms. The fourth-order valence-electron chi connectivity index (χ4n) is 2.19. The summed E-state index contributed by atoms with van der Waals surface area (Å²) < 4.78 is 11.2. The van der Waals surface area contributed by atoms with Gasteiger partial charge in [-0.3, -0.25) is 4.79 Å². The van der Waals surface area contributed by atoms with Gasteiger partial charge in [0, 0.05) is 13.1 Å². The van der Waals surface area contributed by atoms with Gasteiger partial charge in [-0.25, -0.2) is 0 Å². The number of rotatable bonds is 6. The van der Waals surface area contributed by atoms with Gasteiger partial charge in [0.05, 0.1) is 25.2 Å². The number of hydrogen-bond acceptors (Lipinski definition) is 4. The molecule has 5 nitrogen and oxygen atoms in total. The van der Waals surface area contributed by atoms with Crippen molar-refractivity contribution < 1.29 is 14.3 Å². The molecule has 2 rings (SSSR count). The summed E-state index contributed by atoms with van der Waals surface area (Å²) >= 11 is 0. The van der Waals surface area contributed by atoms with E-state index in [0.717, 1.165) is 18.8 Å². The molecule has 1 aromatic carbocycles. The van der Waals surface area contributed by atoms with Crippen LogP contribution in [0.3, 0.4) is 0 Å². The standard InChI is InChI=1S/C16H24N2O3/c1-12-3-5-14(6-4-12)21-11-13(2)18-16(19)9-15-10-17-7-8-20-15/h3-6,13,15,17H,7-11H2,1-2H3,(H,18,19). The molecule has 0 spiro atoms. The van der Waals surface area contributed by atoms with Crippen LogP contribution in [0.15, 0.2) is 24.3 Å². The Labute approximate surface area is 126 Å². The van der Waals surface area contributed by atoms with Gasteiger partial charge >= 0.3 is 0 Å². The first-order valence-corrected chi connectivity index (χ1v) is 7.44. The summed E-state index contributed by atoms with van der Waals surface area (Å²) in [6, 6.07) is 7.85. The highest BCUT2D eigenvalue weighted by atomic mass is 16.5. The molecule has 1 aliphatic heterocycles. The van der Waals surface area contributed by atoms with Crippen molar-refractivity contribution >= 4 is 5.91 Å². The highest BCUT2D eigenvalue weighted by Gasteiger charge is 2.18. The van der Waals surface area contributed by atoms with E-state index in [2.05, 4.69) is 10.6 Å². The predicted molar refractivity (Wildman–Crippen MR) is 81.5 cm³/mol. The van der Waals surface area contributed by atoms with E-state index < -0.39 is 0 Å². The Morgan fingerprint density at radius 1 is 1.48 bits per heavy atom. The first-order chi connectivity index (χ1) is 10.1. The SMILES string of the molecule is Cc1ccc(OCC(C)NC(=O)CC2CNCCO2)cc1. The van der Waals surface area contributed by atoms with Gasteiger partial charge in [-0.1, -0.05) is 17.7 Å². The monoisotopic (exact) mass is 292 g/mol. The van der Waals surface area contributed by atoms with E-state index >= 15 is 0 Å². The fourth-order valence-corrected chi connectivity index (χ4v) is 2.19. The Morgan fingerprint density at radius 3 is 2.90 bits per heavy atom. The summed E-state index contributed by atoms with van der Waals surface area (Å²) in [5.41, 5.74) is 1.20. The van der Waals surface area contributed by atoms with Crippen molar-refractivity contribution in [3.05, 3.63) is 29.8 Å². The van der Waals surface area contributed by atoms with Gasteiger partial charge < -0.3 is 20.1 Å². The first kappa shape index (κ1) is 15.8. The normalized spacial score (nSPS) is 19.8. The summed E-state index contributed by atoms with van der Waals surface area (Å²) in [5, 5.41) is 6.15. The summed E-state index contributed by atoms with van der Waals surface area (Å²) in [5.74, 6) is 0.824. The maximum Gasteiger partial charge on any atom is 0.222 e. The Morgan fingerprint density at radius 2 is 2.24 bits per heavy atom. The molecule has 0 aromatic heterocycles. The number of carbonyl (C=O) groups is 1. The molecule has 1 heterocycles. The van der Waals surface area contributed by atoms with Crippen molar-refractivity contribution in [2.24, 2.45) is 0 Å². The molecule has 1 aliphatic rings. The van der Waals surface area contributed by atoms with Crippen LogP contribution in [0.2, 0.25) is 0 Å². The molecule has 116 valence electrons. The zero-order chi connectivity index (χ0) is 15.1. The lowest BCUT2D eigenvalue weighted by molar-refractivity contribution is -0.125. The van der Waals surface area contributed by atoms with Gasteiger partial charge in [0.1, 0.15) is 12.4 Å². The lowest BCUT2D eigenvalue weighted by atomic mass is 10.2. The summed E-state index contributed by atoms with van der Waals surface area (Å²) in [6.07, 6.45) is 0.367. The third-order valence-corrected chi connectivity index (χ3v) is 3.35. The van der Waals surface area contributed by atoms with E-state index in [9.17, 15) is 4.79 Å². The Kier molecular flexibility index (Phi) is 6.02. The second-order valence-corrected chi connectivity index (χ2v) is 5.49. The zero-order valence-corrected chi connectivity index (χ0v) is 12.7. The minimum Gasteiger partial charge on any atom is -0.491 e. The zero-order valence-electron chi connectivity index (χ0n) is 12.7. The number of carbonyl (C=O) groups excluding carboxylic acids is 1. The molecule has 1 fully saturated rings. The fraction of sp³-hybridized carbons (Fsp3) is 0.562. The summed E-state index contributed by atoms with van der Waals surface area (Å²) in [7, 11) is 0. The molecular weight excluding hydrogens is 268 g/mol. The maximum atomic E-state index is 11.9. The number of ether oxygens (including phenoxy) is 2. The first-order valence-electron chi connectivity index (χ1n) is 7.44. The van der Waals surface area contributed by atoms with E-state index in [4.69, 9.17) is 9.47 Å². The van der Waals surface area contributed by atoms with Crippen LogP contribution < -0.4 is 15.4 Å². The third-order valence-electron chi connectivity index (χ3n) is 3.35. The highest BCUT2D eigenvalue weighted by molar-refractivity contribution is 5.76. The van der Waals surface area contributed by atoms with Gasteiger partial charge in [-0.2, -0.15) is 0 Å². The van der Waals surface area contributed by atoms with E-state index in [1.165, 1.54) is 5.56 Å². The smallest absolute Gasteiger partial charge is 0.222 e. The van der Waals surface area contributed by atoms with Crippen LogP contribution in [0.1, 0.15) is 18.9 Å². The highest BCUT2D eigenvalue weighted by Crippen LogP contribution is 2.11. The molecular formula is C16H24N2O3. The minimum absolute atomic E-state index is 0.00343. The van der Waals surface area contributed by atoms with E-state index in [1.54, 1.807) is 0 Å². The van der Waals surface area contributed by atoms with Crippen LogP contribution in [0.4, 0.5) is 0 Å². The van der Waals surface area contributed by atoms with E-state index in [-0.39, 0.29) is 18.1 Å². The van der Waals surface area contributed by atoms with Gasteiger partial charge in [-0.15, -0.1) is 0 Å². The van der Waals surface area contributed by atoms with Gasteiger partial charge in [-0.05, 0) is 26.0 Å². The average Bonchev–Trinajstić information content (AvgIpc) is 2.47. The molecule has 2 unspecified atom stereocenters. The molecule has 2 N–H and O–H groups in total. The Balaban J connectivity index is 1.67. The molecule has 0 saturated carbocycles. The van der Waals surface area contributed by atoms with Crippen molar-refractivity contribution in [1.29, 1.82) is 0 Å². The van der Waals surface area contributed by atoms with Crippen LogP contribution in [0, 0.1) is 6.92 Å². The molecule has 1 amide bonds. The summed E-state index contributed by atoms with van der Waals surface area (Å²) in [4.78, 5) is 11.9. The van der Waals surface area contributed by atoms with Crippen LogP contribution in [-0.4, -0.2) is 44.4 Å². The van der Waals surface area contributed by atoms with Gasteiger partial charge in [0.2, 0.25) is 5.91 Å². The maximum absolute atomic E-state index is 11.9. The second kappa shape index (κ2) is 8.00. The van der Waals surface area contributed by atoms with Crippen molar-refractivity contribution in [1.82, 2.24) is 10.6 Å². The third kappa shape index (κ3) is 5.73. The molecule has 0 aliphatic carbocycles. The molecule has 0 bridgehead atoms. The molecule has 1 aromatic rings. The number of morpholine rings is 1. The van der Waals surface area contributed by atoms with Crippen molar-refractivity contribution in [3.8, 4) is 5.75 Å². The Bertz CT molecular complexity index is 441. The van der Waals surface area contributed by atoms with E-state index in [0.29, 0.717) is 19.6 Å². The lowest BCUT2D eigenvalue weighted by Gasteiger charge is -2.24. The van der Waals surface area contributed by atoms with Crippen molar-refractivity contribution in [3.63, 3.8) is 0 Å². The summed E-state index contributed by atoms with van der Waals surface area (Å²) in [6.45, 7) is 6.70. The average molecular weight is 292 g/mol. The molecule has 0 radical (unpaired) electrons. The van der Waals surface area contributed by atoms with Crippen molar-refractivity contribution in [2.75, 3.05) is 26.3 Å². The topological polar surface area (TPSA) is 59.6 Å². The quantitative estimate of drug-likeness (QED) is 0.828. The predicted octanol–water partition coefficient (Wildman–Crippen LogP) is 1.26. The van der Waals surface area contributed by atoms with Crippen LogP contribution >= 0.6 is 0 Å². The number of aryl methyl sites for hydroxylation is 1. The van der Waals surface area contributed by atoms with E-state index in [1.807, 2.05) is 38.1 Å². The van der Waals surface area contributed by atoms with Crippen LogP contribution in [0.5, 0.6) is 5.75 Å². The number of nitrogens with one attached hydrogen (secondary N) is 2. The number of amides is 1. The van der Waals surface area contributed by atoms with Gasteiger partial charge in [0.25, 0.3) is 0 Å². The largest absolute Gasteiger partial charge is 0.491 e. The molecule has 5 heteroatoms. The van der Waals surface area contributed by atoms with Crippen LogP contribution in [0.25, 0.3) is 0 Å². The number of hydrogen-bond donors (Lipinski definition) is 2. The molecule has 2 atom stereocenters. The second-order valence-electron chi connectivity index (χ2n) is 5.49. The minimum atomic E-state index is -0.0321. The van der Waals surface area contributed by atoms with Crippen molar-refractivity contribution in [2.45, 2.75) is 32.4 Å². The lowest BCUT2D eigenvalue weighted by Crippen LogP contribution is -2.43. The Hall–Kier alpha value is -1.59. The number of benzene rings is 1. The van der Waals surface area contributed by atoms with Gasteiger partial charge in [0.15, 0.2) is 0 Å².